The van der Waals surface area contributed by atoms with E-state index in [0.29, 0.717) is 23.3 Å². The summed E-state index contributed by atoms with van der Waals surface area (Å²) in [4.78, 5) is 11.8. The summed E-state index contributed by atoms with van der Waals surface area (Å²) in [7, 11) is 1.51. The molecule has 4 heteroatoms. The normalized spacial score (nSPS) is 11.2. The van der Waals surface area contributed by atoms with Crippen LogP contribution in [0.5, 0.6) is 11.5 Å². The highest BCUT2D eigenvalue weighted by Gasteiger charge is 2.21. The van der Waals surface area contributed by atoms with Crippen molar-refractivity contribution in [2.45, 2.75) is 27.2 Å². The number of hydrogen-bond donors (Lipinski definition) is 2. The van der Waals surface area contributed by atoms with E-state index in [4.69, 9.17) is 4.74 Å². The lowest BCUT2D eigenvalue weighted by atomic mass is 9.95. The summed E-state index contributed by atoms with van der Waals surface area (Å²) in [5, 5.41) is 20.3. The van der Waals surface area contributed by atoms with Crippen LogP contribution in [-0.2, 0) is 6.42 Å². The van der Waals surface area contributed by atoms with E-state index in [1.807, 2.05) is 57.2 Å². The Balaban J connectivity index is 2.64. The van der Waals surface area contributed by atoms with Crippen LogP contribution in [0.25, 0.3) is 11.6 Å². The van der Waals surface area contributed by atoms with E-state index in [9.17, 15) is 15.0 Å². The number of phenols is 1. The molecule has 26 heavy (non-hydrogen) atoms. The second-order valence-corrected chi connectivity index (χ2v) is 6.35. The molecule has 0 aliphatic carbocycles. The number of benzene rings is 2. The van der Waals surface area contributed by atoms with E-state index in [-0.39, 0.29) is 11.3 Å². The molecule has 0 spiro atoms. The van der Waals surface area contributed by atoms with Crippen LogP contribution in [0.3, 0.4) is 0 Å². The molecule has 0 amide bonds. The predicted octanol–water partition coefficient (Wildman–Crippen LogP) is 5.17. The van der Waals surface area contributed by atoms with Gasteiger partial charge in [-0.05, 0) is 50.0 Å². The van der Waals surface area contributed by atoms with Crippen molar-refractivity contribution in [3.63, 3.8) is 0 Å². The molecule has 0 saturated carbocycles. The molecule has 0 saturated heterocycles. The Labute approximate surface area is 154 Å². The lowest BCUT2D eigenvalue weighted by molar-refractivity contribution is 0.0693. The predicted molar refractivity (Wildman–Crippen MR) is 105 cm³/mol. The first kappa shape index (κ1) is 19.3. The number of carboxylic acid groups (broad SMARTS) is 1. The maximum atomic E-state index is 11.8. The summed E-state index contributed by atoms with van der Waals surface area (Å²) in [5.41, 5.74) is 3.72. The minimum absolute atomic E-state index is 0.113. The van der Waals surface area contributed by atoms with Gasteiger partial charge >= 0.3 is 5.97 Å². The fourth-order valence-corrected chi connectivity index (χ4v) is 2.75. The van der Waals surface area contributed by atoms with E-state index in [1.54, 1.807) is 12.1 Å². The van der Waals surface area contributed by atoms with Gasteiger partial charge < -0.3 is 14.9 Å². The van der Waals surface area contributed by atoms with Crippen LogP contribution >= 0.6 is 0 Å². The van der Waals surface area contributed by atoms with Gasteiger partial charge in [0.2, 0.25) is 0 Å². The maximum Gasteiger partial charge on any atom is 0.340 e. The van der Waals surface area contributed by atoms with Gasteiger partial charge in [-0.25, -0.2) is 4.79 Å². The Morgan fingerprint density at radius 3 is 2.35 bits per heavy atom. The molecular weight excluding hydrogens is 328 g/mol. The highest BCUT2D eigenvalue weighted by atomic mass is 16.5. The minimum atomic E-state index is -1.17. The molecular formula is C22H24O4. The fourth-order valence-electron chi connectivity index (χ4n) is 2.75. The molecule has 2 rings (SSSR count). The van der Waals surface area contributed by atoms with Crippen LogP contribution in [0.4, 0.5) is 0 Å². The number of aromatic hydroxyl groups is 1. The number of ether oxygens (including phenoxy) is 1. The molecule has 2 N–H and O–H groups in total. The number of aromatic carboxylic acids is 1. The molecule has 0 unspecified atom stereocenters. The third kappa shape index (κ3) is 4.33. The van der Waals surface area contributed by atoms with Crippen molar-refractivity contribution in [2.24, 2.45) is 0 Å². The van der Waals surface area contributed by atoms with Crippen molar-refractivity contribution < 1.29 is 19.7 Å². The number of methoxy groups -OCH3 is 1. The quantitative estimate of drug-likeness (QED) is 0.556. The average Bonchev–Trinajstić information content (AvgIpc) is 2.60. The van der Waals surface area contributed by atoms with Gasteiger partial charge in [-0.1, -0.05) is 48.1 Å². The SMILES string of the molecule is COc1cc(C=C(C)c2ccccc2)c(C(=O)O)c(O)c1CC=C(C)C. The van der Waals surface area contributed by atoms with Gasteiger partial charge in [-0.3, -0.25) is 0 Å². The summed E-state index contributed by atoms with van der Waals surface area (Å²) in [6.45, 7) is 5.80. The number of rotatable bonds is 6. The molecule has 0 radical (unpaired) electrons. The lowest BCUT2D eigenvalue weighted by Gasteiger charge is -2.15. The Hall–Kier alpha value is -3.01. The van der Waals surface area contributed by atoms with Gasteiger partial charge in [0.25, 0.3) is 0 Å². The maximum absolute atomic E-state index is 11.8. The molecule has 0 bridgehead atoms. The highest BCUT2D eigenvalue weighted by molar-refractivity contribution is 5.98. The smallest absolute Gasteiger partial charge is 0.340 e. The third-order valence-corrected chi connectivity index (χ3v) is 4.14. The number of carbonyl (C=O) groups is 1. The molecule has 136 valence electrons. The Kier molecular flexibility index (Phi) is 6.23. The van der Waals surface area contributed by atoms with E-state index in [1.165, 1.54) is 7.11 Å². The summed E-state index contributed by atoms with van der Waals surface area (Å²) in [6, 6.07) is 11.3. The molecule has 0 aliphatic rings. The van der Waals surface area contributed by atoms with Gasteiger partial charge in [0.15, 0.2) is 0 Å². The summed E-state index contributed by atoms with van der Waals surface area (Å²) < 4.78 is 5.41. The summed E-state index contributed by atoms with van der Waals surface area (Å²) in [6.07, 6.45) is 4.08. The highest BCUT2D eigenvalue weighted by Crippen LogP contribution is 2.37. The Morgan fingerprint density at radius 2 is 1.81 bits per heavy atom. The van der Waals surface area contributed by atoms with Gasteiger partial charge in [0.05, 0.1) is 7.11 Å². The van der Waals surface area contributed by atoms with Crippen molar-refractivity contribution >= 4 is 17.6 Å². The van der Waals surface area contributed by atoms with E-state index in [0.717, 1.165) is 16.7 Å². The van der Waals surface area contributed by atoms with Crippen LogP contribution in [-0.4, -0.2) is 23.3 Å². The van der Waals surface area contributed by atoms with Gasteiger partial charge in [0, 0.05) is 5.56 Å². The van der Waals surface area contributed by atoms with Crippen molar-refractivity contribution in [1.29, 1.82) is 0 Å². The molecule has 2 aromatic carbocycles. The van der Waals surface area contributed by atoms with Crippen LogP contribution in [0.2, 0.25) is 0 Å². The zero-order valence-electron chi connectivity index (χ0n) is 15.5. The Morgan fingerprint density at radius 1 is 1.15 bits per heavy atom. The summed E-state index contributed by atoms with van der Waals surface area (Å²) in [5.74, 6) is -0.950. The third-order valence-electron chi connectivity index (χ3n) is 4.14. The van der Waals surface area contributed by atoms with E-state index >= 15 is 0 Å². The molecule has 4 nitrogen and oxygen atoms in total. The van der Waals surface area contributed by atoms with Gasteiger partial charge in [-0.15, -0.1) is 0 Å². The second kappa shape index (κ2) is 8.39. The van der Waals surface area contributed by atoms with Gasteiger partial charge in [0.1, 0.15) is 17.1 Å². The number of carboxylic acids is 1. The summed E-state index contributed by atoms with van der Waals surface area (Å²) >= 11 is 0. The topological polar surface area (TPSA) is 66.8 Å². The van der Waals surface area contributed by atoms with Crippen molar-refractivity contribution in [3.05, 3.63) is 70.3 Å². The van der Waals surface area contributed by atoms with Crippen molar-refractivity contribution in [2.75, 3.05) is 7.11 Å². The number of allylic oxidation sites excluding steroid dienone is 3. The lowest BCUT2D eigenvalue weighted by Crippen LogP contribution is -2.05. The standard InChI is InChI=1S/C22H24O4/c1-14(2)10-11-18-19(26-4)13-17(20(21(18)23)22(24)25)12-15(3)16-8-6-5-7-9-16/h5-10,12-13,23H,11H2,1-4H3,(H,24,25). The molecule has 2 aromatic rings. The Bertz CT molecular complexity index is 857. The van der Waals surface area contributed by atoms with Crippen LogP contribution in [0.1, 0.15) is 47.8 Å². The van der Waals surface area contributed by atoms with E-state index < -0.39 is 5.97 Å². The largest absolute Gasteiger partial charge is 0.507 e. The van der Waals surface area contributed by atoms with Crippen LogP contribution < -0.4 is 4.74 Å². The fraction of sp³-hybridized carbons (Fsp3) is 0.227. The minimum Gasteiger partial charge on any atom is -0.507 e. The molecule has 0 aliphatic heterocycles. The molecule has 0 aromatic heterocycles. The van der Waals surface area contributed by atoms with Crippen LogP contribution in [0, 0.1) is 0 Å². The molecule has 0 fully saturated rings. The molecule has 0 heterocycles. The van der Waals surface area contributed by atoms with Crippen molar-refractivity contribution in [3.8, 4) is 11.5 Å². The van der Waals surface area contributed by atoms with Crippen molar-refractivity contribution in [1.82, 2.24) is 0 Å². The van der Waals surface area contributed by atoms with E-state index in [2.05, 4.69) is 0 Å². The first-order valence-corrected chi connectivity index (χ1v) is 8.38. The second-order valence-electron chi connectivity index (χ2n) is 6.35. The molecule has 0 atom stereocenters. The monoisotopic (exact) mass is 352 g/mol. The first-order valence-electron chi connectivity index (χ1n) is 8.38. The zero-order valence-corrected chi connectivity index (χ0v) is 15.5. The number of hydrogen-bond acceptors (Lipinski definition) is 3. The zero-order chi connectivity index (χ0) is 19.3. The first-order chi connectivity index (χ1) is 12.3. The van der Waals surface area contributed by atoms with Crippen LogP contribution in [0.15, 0.2) is 48.0 Å². The van der Waals surface area contributed by atoms with Gasteiger partial charge in [-0.2, -0.15) is 0 Å². The average molecular weight is 352 g/mol.